The van der Waals surface area contributed by atoms with Crippen molar-refractivity contribution in [2.45, 2.75) is 19.4 Å². The van der Waals surface area contributed by atoms with E-state index >= 15 is 0 Å². The quantitative estimate of drug-likeness (QED) is 0.859. The number of carbonyl (C=O) groups excluding carboxylic acids is 1. The number of ether oxygens (including phenoxy) is 4. The van der Waals surface area contributed by atoms with Crippen LogP contribution in [0.2, 0.25) is 0 Å². The van der Waals surface area contributed by atoms with Crippen LogP contribution in [0.4, 0.5) is 4.79 Å². The number of methoxy groups -OCH3 is 2. The molecule has 2 aromatic carbocycles. The smallest absolute Gasteiger partial charge is 0.317 e. The van der Waals surface area contributed by atoms with Gasteiger partial charge in [-0.15, -0.1) is 0 Å². The van der Waals surface area contributed by atoms with Gasteiger partial charge in [0.15, 0.2) is 23.0 Å². The molecule has 2 aromatic rings. The molecule has 2 aliphatic rings. The standard InChI is InChI=1S/C21H24N2O5/c1-25-18-10-15-6-8-23(12-16(15)11-19(18)26-2)21(24)22-7-5-14-3-4-17-20(9-14)28-13-27-17/h3-4,9-11H,5-8,12-13H2,1-2H3,(H,22,24). The van der Waals surface area contributed by atoms with Crippen molar-refractivity contribution in [1.82, 2.24) is 10.2 Å². The largest absolute Gasteiger partial charge is 0.493 e. The highest BCUT2D eigenvalue weighted by atomic mass is 16.7. The monoisotopic (exact) mass is 384 g/mol. The second kappa shape index (κ2) is 7.88. The first-order valence-corrected chi connectivity index (χ1v) is 9.33. The highest BCUT2D eigenvalue weighted by Gasteiger charge is 2.22. The minimum Gasteiger partial charge on any atom is -0.493 e. The molecule has 0 aromatic heterocycles. The fraction of sp³-hybridized carbons (Fsp3) is 0.381. The molecule has 2 amide bonds. The molecule has 0 saturated carbocycles. The number of carbonyl (C=O) groups is 1. The van der Waals surface area contributed by atoms with Gasteiger partial charge in [-0.2, -0.15) is 0 Å². The summed E-state index contributed by atoms with van der Waals surface area (Å²) < 4.78 is 21.5. The molecular formula is C21H24N2O5. The third-order valence-corrected chi connectivity index (χ3v) is 5.13. The van der Waals surface area contributed by atoms with Crippen LogP contribution in [0.25, 0.3) is 0 Å². The van der Waals surface area contributed by atoms with Gasteiger partial charge in [-0.25, -0.2) is 4.79 Å². The molecule has 0 spiro atoms. The molecule has 7 nitrogen and oxygen atoms in total. The first-order valence-electron chi connectivity index (χ1n) is 9.33. The zero-order valence-corrected chi connectivity index (χ0v) is 16.1. The Morgan fingerprint density at radius 2 is 1.82 bits per heavy atom. The number of amides is 2. The van der Waals surface area contributed by atoms with E-state index in [0.29, 0.717) is 25.4 Å². The Kier molecular flexibility index (Phi) is 5.14. The van der Waals surface area contributed by atoms with Crippen LogP contribution in [0.3, 0.4) is 0 Å². The van der Waals surface area contributed by atoms with E-state index in [9.17, 15) is 4.79 Å². The van der Waals surface area contributed by atoms with Gasteiger partial charge in [-0.05, 0) is 53.8 Å². The number of hydrogen-bond acceptors (Lipinski definition) is 5. The third-order valence-electron chi connectivity index (χ3n) is 5.13. The van der Waals surface area contributed by atoms with Crippen molar-refractivity contribution in [3.63, 3.8) is 0 Å². The second-order valence-corrected chi connectivity index (χ2v) is 6.82. The van der Waals surface area contributed by atoms with Gasteiger partial charge in [-0.3, -0.25) is 0 Å². The maximum Gasteiger partial charge on any atom is 0.317 e. The van der Waals surface area contributed by atoms with Crippen molar-refractivity contribution in [3.8, 4) is 23.0 Å². The van der Waals surface area contributed by atoms with E-state index in [2.05, 4.69) is 5.32 Å². The summed E-state index contributed by atoms with van der Waals surface area (Å²) >= 11 is 0. The highest BCUT2D eigenvalue weighted by Crippen LogP contribution is 2.34. The highest BCUT2D eigenvalue weighted by molar-refractivity contribution is 5.74. The molecule has 2 heterocycles. The summed E-state index contributed by atoms with van der Waals surface area (Å²) in [5.74, 6) is 2.95. The van der Waals surface area contributed by atoms with Gasteiger partial charge < -0.3 is 29.2 Å². The molecule has 0 atom stereocenters. The number of fused-ring (bicyclic) bond motifs is 2. The zero-order chi connectivity index (χ0) is 19.5. The molecule has 0 bridgehead atoms. The lowest BCUT2D eigenvalue weighted by atomic mass is 9.99. The number of nitrogens with one attached hydrogen (secondary N) is 1. The van der Waals surface area contributed by atoms with Crippen LogP contribution in [0, 0.1) is 0 Å². The summed E-state index contributed by atoms with van der Waals surface area (Å²) in [6.07, 6.45) is 1.53. The van der Waals surface area contributed by atoms with Crippen molar-refractivity contribution in [3.05, 3.63) is 47.0 Å². The van der Waals surface area contributed by atoms with Crippen molar-refractivity contribution >= 4 is 6.03 Å². The maximum atomic E-state index is 12.6. The molecule has 0 radical (unpaired) electrons. The lowest BCUT2D eigenvalue weighted by Gasteiger charge is -2.29. The fourth-order valence-electron chi connectivity index (χ4n) is 3.58. The van der Waals surface area contributed by atoms with Crippen LogP contribution >= 0.6 is 0 Å². The van der Waals surface area contributed by atoms with E-state index in [1.807, 2.05) is 35.2 Å². The lowest BCUT2D eigenvalue weighted by molar-refractivity contribution is 0.174. The Morgan fingerprint density at radius 1 is 1.07 bits per heavy atom. The number of nitrogens with zero attached hydrogens (tertiary/aromatic N) is 1. The fourth-order valence-corrected chi connectivity index (χ4v) is 3.58. The van der Waals surface area contributed by atoms with Crippen molar-refractivity contribution in [2.75, 3.05) is 34.1 Å². The van der Waals surface area contributed by atoms with Gasteiger partial charge in [-0.1, -0.05) is 6.07 Å². The third kappa shape index (κ3) is 3.65. The van der Waals surface area contributed by atoms with Gasteiger partial charge >= 0.3 is 6.03 Å². The van der Waals surface area contributed by atoms with Crippen molar-refractivity contribution < 1.29 is 23.7 Å². The Balaban J connectivity index is 1.33. The molecule has 2 aliphatic heterocycles. The predicted octanol–water partition coefficient (Wildman–Crippen LogP) is 2.74. The van der Waals surface area contributed by atoms with Crippen LogP contribution in [0.1, 0.15) is 16.7 Å². The predicted molar refractivity (Wildman–Crippen MR) is 103 cm³/mol. The molecular weight excluding hydrogens is 360 g/mol. The minimum absolute atomic E-state index is 0.0545. The Hall–Kier alpha value is -3.09. The molecule has 0 unspecified atom stereocenters. The number of rotatable bonds is 5. The maximum absolute atomic E-state index is 12.6. The van der Waals surface area contributed by atoms with E-state index in [4.69, 9.17) is 18.9 Å². The van der Waals surface area contributed by atoms with Crippen LogP contribution < -0.4 is 24.3 Å². The number of benzene rings is 2. The number of hydrogen-bond donors (Lipinski definition) is 1. The minimum atomic E-state index is -0.0545. The Labute approximate surface area is 164 Å². The molecule has 7 heteroatoms. The van der Waals surface area contributed by atoms with Crippen LogP contribution in [0.5, 0.6) is 23.0 Å². The van der Waals surface area contributed by atoms with E-state index < -0.39 is 0 Å². The SMILES string of the molecule is COc1cc2c(cc1OC)CN(C(=O)NCCc1ccc3c(c1)OCO3)CC2. The van der Waals surface area contributed by atoms with Crippen LogP contribution in [-0.2, 0) is 19.4 Å². The Bertz CT molecular complexity index is 883. The van der Waals surface area contributed by atoms with Crippen LogP contribution in [-0.4, -0.2) is 45.0 Å². The second-order valence-electron chi connectivity index (χ2n) is 6.82. The average Bonchev–Trinajstić information content (AvgIpc) is 3.20. The molecule has 1 N–H and O–H groups in total. The normalized spacial score (nSPS) is 14.4. The molecule has 4 rings (SSSR count). The van der Waals surface area contributed by atoms with Gasteiger partial charge in [0, 0.05) is 19.6 Å². The zero-order valence-electron chi connectivity index (χ0n) is 16.1. The molecule has 0 saturated heterocycles. The molecule has 0 aliphatic carbocycles. The molecule has 28 heavy (non-hydrogen) atoms. The summed E-state index contributed by atoms with van der Waals surface area (Å²) in [6.45, 7) is 2.07. The lowest BCUT2D eigenvalue weighted by Crippen LogP contribution is -2.43. The summed E-state index contributed by atoms with van der Waals surface area (Å²) in [4.78, 5) is 14.4. The molecule has 148 valence electrons. The summed E-state index contributed by atoms with van der Waals surface area (Å²) in [6, 6.07) is 9.77. The summed E-state index contributed by atoms with van der Waals surface area (Å²) in [7, 11) is 3.25. The van der Waals surface area contributed by atoms with E-state index in [-0.39, 0.29) is 12.8 Å². The first-order chi connectivity index (χ1) is 13.7. The van der Waals surface area contributed by atoms with E-state index in [1.54, 1.807) is 14.2 Å². The molecule has 0 fully saturated rings. The summed E-state index contributed by atoms with van der Waals surface area (Å²) in [5, 5.41) is 3.01. The number of urea groups is 1. The Morgan fingerprint density at radius 3 is 2.61 bits per heavy atom. The summed E-state index contributed by atoms with van der Waals surface area (Å²) in [5.41, 5.74) is 3.39. The van der Waals surface area contributed by atoms with Gasteiger partial charge in [0.05, 0.1) is 14.2 Å². The van der Waals surface area contributed by atoms with Crippen molar-refractivity contribution in [2.24, 2.45) is 0 Å². The first kappa shape index (κ1) is 18.3. The van der Waals surface area contributed by atoms with Gasteiger partial charge in [0.25, 0.3) is 0 Å². The van der Waals surface area contributed by atoms with Crippen molar-refractivity contribution in [1.29, 1.82) is 0 Å². The topological polar surface area (TPSA) is 69.3 Å². The average molecular weight is 384 g/mol. The van der Waals surface area contributed by atoms with Gasteiger partial charge in [0.1, 0.15) is 0 Å². The van der Waals surface area contributed by atoms with Crippen LogP contribution in [0.15, 0.2) is 30.3 Å². The van der Waals surface area contributed by atoms with E-state index in [1.165, 1.54) is 5.56 Å². The van der Waals surface area contributed by atoms with Gasteiger partial charge in [0.2, 0.25) is 6.79 Å². The van der Waals surface area contributed by atoms with E-state index in [0.717, 1.165) is 41.2 Å².